The fraction of sp³-hybridized carbons (Fsp3) is 0.333. The smallest absolute Gasteiger partial charge is 0.329 e. The third-order valence-corrected chi connectivity index (χ3v) is 5.10. The van der Waals surface area contributed by atoms with Crippen LogP contribution in [0.1, 0.15) is 43.2 Å². The molecule has 0 radical (unpaired) electrons. The average Bonchev–Trinajstić information content (AvgIpc) is 2.83. The molecule has 32 heavy (non-hydrogen) atoms. The molecule has 0 spiro atoms. The summed E-state index contributed by atoms with van der Waals surface area (Å²) < 4.78 is 5.52. The molecule has 3 N–H and O–H groups in total. The molecule has 1 aliphatic carbocycles. The van der Waals surface area contributed by atoms with Crippen LogP contribution in [0, 0.1) is 0 Å². The Morgan fingerprint density at radius 3 is 2.38 bits per heavy atom. The molecule has 0 unspecified atom stereocenters. The Labute approximate surface area is 187 Å². The van der Waals surface area contributed by atoms with E-state index in [0.29, 0.717) is 11.3 Å². The van der Waals surface area contributed by atoms with Crippen molar-refractivity contribution in [2.45, 2.75) is 44.7 Å². The SMILES string of the molecule is O=C(COc1ccc(/C=N\NC(=O)C(=O)NCc2ccccc2)cc1)NC1CCCCC1. The molecule has 2 aromatic carbocycles. The summed E-state index contributed by atoms with van der Waals surface area (Å²) in [6.45, 7) is 0.231. The van der Waals surface area contributed by atoms with Crippen molar-refractivity contribution in [1.82, 2.24) is 16.1 Å². The molecular weight excluding hydrogens is 408 g/mol. The number of nitrogens with one attached hydrogen (secondary N) is 3. The van der Waals surface area contributed by atoms with E-state index in [9.17, 15) is 14.4 Å². The molecule has 0 aromatic heterocycles. The zero-order chi connectivity index (χ0) is 22.6. The lowest BCUT2D eigenvalue weighted by Crippen LogP contribution is -2.38. The average molecular weight is 437 g/mol. The number of hydrazone groups is 1. The normalized spacial score (nSPS) is 14.0. The van der Waals surface area contributed by atoms with Gasteiger partial charge in [-0.3, -0.25) is 14.4 Å². The van der Waals surface area contributed by atoms with Gasteiger partial charge in [-0.15, -0.1) is 0 Å². The van der Waals surface area contributed by atoms with Crippen LogP contribution in [0.15, 0.2) is 59.7 Å². The predicted octanol–water partition coefficient (Wildman–Crippen LogP) is 2.28. The number of rotatable bonds is 8. The minimum Gasteiger partial charge on any atom is -0.484 e. The summed E-state index contributed by atoms with van der Waals surface area (Å²) in [6.07, 6.45) is 7.04. The number of hydrogen-bond donors (Lipinski definition) is 3. The zero-order valence-electron chi connectivity index (χ0n) is 17.9. The van der Waals surface area contributed by atoms with Crippen LogP contribution in [-0.2, 0) is 20.9 Å². The standard InChI is InChI=1S/C24H28N4O4/c29-22(27-20-9-5-2-6-10-20)17-32-21-13-11-19(12-14-21)16-26-28-24(31)23(30)25-15-18-7-3-1-4-8-18/h1,3-4,7-8,11-14,16,20H,2,5-6,9-10,15,17H2,(H,25,30)(H,27,29)(H,28,31)/b26-16-. The second-order valence-electron chi connectivity index (χ2n) is 7.63. The number of ether oxygens (including phenoxy) is 1. The molecule has 3 rings (SSSR count). The molecule has 168 valence electrons. The van der Waals surface area contributed by atoms with Crippen molar-refractivity contribution in [3.8, 4) is 5.75 Å². The fourth-order valence-electron chi connectivity index (χ4n) is 3.39. The Morgan fingerprint density at radius 1 is 0.938 bits per heavy atom. The van der Waals surface area contributed by atoms with Crippen molar-refractivity contribution in [3.05, 3.63) is 65.7 Å². The lowest BCUT2D eigenvalue weighted by atomic mass is 9.95. The van der Waals surface area contributed by atoms with Gasteiger partial charge in [0.15, 0.2) is 6.61 Å². The van der Waals surface area contributed by atoms with Crippen molar-refractivity contribution in [1.29, 1.82) is 0 Å². The zero-order valence-corrected chi connectivity index (χ0v) is 17.9. The summed E-state index contributed by atoms with van der Waals surface area (Å²) in [5.41, 5.74) is 3.79. The molecule has 0 atom stereocenters. The number of amides is 3. The van der Waals surface area contributed by atoms with Crippen LogP contribution in [0.5, 0.6) is 5.75 Å². The maximum absolute atomic E-state index is 12.0. The first-order valence-electron chi connectivity index (χ1n) is 10.8. The lowest BCUT2D eigenvalue weighted by Gasteiger charge is -2.22. The highest BCUT2D eigenvalue weighted by Gasteiger charge is 2.15. The Balaban J connectivity index is 1.36. The second-order valence-corrected chi connectivity index (χ2v) is 7.63. The summed E-state index contributed by atoms with van der Waals surface area (Å²) in [7, 11) is 0. The van der Waals surface area contributed by atoms with Gasteiger partial charge in [-0.05, 0) is 48.2 Å². The van der Waals surface area contributed by atoms with E-state index in [1.54, 1.807) is 24.3 Å². The van der Waals surface area contributed by atoms with Crippen molar-refractivity contribution < 1.29 is 19.1 Å². The monoisotopic (exact) mass is 436 g/mol. The fourth-order valence-corrected chi connectivity index (χ4v) is 3.39. The predicted molar refractivity (Wildman–Crippen MR) is 121 cm³/mol. The quantitative estimate of drug-likeness (QED) is 0.335. The number of benzene rings is 2. The van der Waals surface area contributed by atoms with E-state index in [4.69, 9.17) is 4.74 Å². The van der Waals surface area contributed by atoms with E-state index >= 15 is 0 Å². The Morgan fingerprint density at radius 2 is 1.66 bits per heavy atom. The van der Waals surface area contributed by atoms with Crippen LogP contribution in [0.4, 0.5) is 0 Å². The number of carbonyl (C=O) groups is 3. The largest absolute Gasteiger partial charge is 0.484 e. The van der Waals surface area contributed by atoms with Gasteiger partial charge in [0.05, 0.1) is 6.21 Å². The van der Waals surface area contributed by atoms with E-state index in [2.05, 4.69) is 21.2 Å². The molecule has 1 aliphatic rings. The molecule has 1 fully saturated rings. The molecule has 8 heteroatoms. The first-order valence-corrected chi connectivity index (χ1v) is 10.8. The molecule has 0 saturated heterocycles. The van der Waals surface area contributed by atoms with Crippen LogP contribution in [0.2, 0.25) is 0 Å². The first-order chi connectivity index (χ1) is 15.6. The van der Waals surface area contributed by atoms with E-state index in [1.807, 2.05) is 30.3 Å². The summed E-state index contributed by atoms with van der Waals surface area (Å²) in [6, 6.07) is 16.4. The molecule has 8 nitrogen and oxygen atoms in total. The minimum atomic E-state index is -0.846. The van der Waals surface area contributed by atoms with Gasteiger partial charge < -0.3 is 15.4 Å². The lowest BCUT2D eigenvalue weighted by molar-refractivity contribution is -0.139. The van der Waals surface area contributed by atoms with Crippen molar-refractivity contribution in [2.75, 3.05) is 6.61 Å². The highest BCUT2D eigenvalue weighted by Crippen LogP contribution is 2.17. The first kappa shape index (κ1) is 23.0. The van der Waals surface area contributed by atoms with E-state index in [-0.39, 0.29) is 25.1 Å². The third kappa shape index (κ3) is 7.86. The van der Waals surface area contributed by atoms with Gasteiger partial charge in [-0.1, -0.05) is 49.6 Å². The summed E-state index contributed by atoms with van der Waals surface area (Å²) in [5.74, 6) is -1.16. The van der Waals surface area contributed by atoms with E-state index in [1.165, 1.54) is 12.6 Å². The van der Waals surface area contributed by atoms with Crippen LogP contribution in [-0.4, -0.2) is 36.6 Å². The summed E-state index contributed by atoms with van der Waals surface area (Å²) in [4.78, 5) is 35.6. The maximum atomic E-state index is 12.0. The van der Waals surface area contributed by atoms with E-state index < -0.39 is 11.8 Å². The van der Waals surface area contributed by atoms with Gasteiger partial charge in [0.25, 0.3) is 5.91 Å². The summed E-state index contributed by atoms with van der Waals surface area (Å²) >= 11 is 0. The summed E-state index contributed by atoms with van der Waals surface area (Å²) in [5, 5.41) is 9.33. The van der Waals surface area contributed by atoms with Crippen molar-refractivity contribution in [3.63, 3.8) is 0 Å². The van der Waals surface area contributed by atoms with Crippen LogP contribution >= 0.6 is 0 Å². The Bertz CT molecular complexity index is 923. The third-order valence-electron chi connectivity index (χ3n) is 5.10. The van der Waals surface area contributed by atoms with Crippen molar-refractivity contribution >= 4 is 23.9 Å². The Hall–Kier alpha value is -3.68. The molecule has 2 aromatic rings. The van der Waals surface area contributed by atoms with Gasteiger partial charge in [0, 0.05) is 12.6 Å². The topological polar surface area (TPSA) is 109 Å². The highest BCUT2D eigenvalue weighted by atomic mass is 16.5. The van der Waals surface area contributed by atoms with Gasteiger partial charge >= 0.3 is 11.8 Å². The maximum Gasteiger partial charge on any atom is 0.329 e. The molecule has 3 amide bonds. The molecule has 1 saturated carbocycles. The van der Waals surface area contributed by atoms with Gasteiger partial charge in [-0.25, -0.2) is 5.43 Å². The number of carbonyl (C=O) groups excluding carboxylic acids is 3. The second kappa shape index (κ2) is 12.2. The Kier molecular flexibility index (Phi) is 8.80. The van der Waals surface area contributed by atoms with E-state index in [0.717, 1.165) is 31.2 Å². The highest BCUT2D eigenvalue weighted by molar-refractivity contribution is 6.35. The molecule has 0 heterocycles. The van der Waals surface area contributed by atoms with Crippen LogP contribution in [0.25, 0.3) is 0 Å². The van der Waals surface area contributed by atoms with Crippen molar-refractivity contribution in [2.24, 2.45) is 5.10 Å². The van der Waals surface area contributed by atoms with Gasteiger partial charge in [-0.2, -0.15) is 5.10 Å². The molecular formula is C24H28N4O4. The van der Waals surface area contributed by atoms with Crippen LogP contribution in [0.3, 0.4) is 0 Å². The number of nitrogens with zero attached hydrogens (tertiary/aromatic N) is 1. The molecule has 0 aliphatic heterocycles. The number of hydrogen-bond acceptors (Lipinski definition) is 5. The minimum absolute atomic E-state index is 0.0297. The van der Waals surface area contributed by atoms with Gasteiger partial charge in [0.1, 0.15) is 5.75 Å². The van der Waals surface area contributed by atoms with Gasteiger partial charge in [0.2, 0.25) is 0 Å². The molecule has 0 bridgehead atoms. The van der Waals surface area contributed by atoms with Crippen LogP contribution < -0.4 is 20.8 Å².